The normalized spacial score (nSPS) is 22.8. The molecular weight excluding hydrogens is 223 g/mol. The van der Waals surface area contributed by atoms with Crippen LogP contribution in [0, 0.1) is 5.92 Å². The van der Waals surface area contributed by atoms with E-state index < -0.39 is 18.6 Å². The third kappa shape index (κ3) is 4.49. The van der Waals surface area contributed by atoms with Gasteiger partial charge in [0.2, 0.25) is 0 Å². The topological polar surface area (TPSA) is 29.5 Å². The molecule has 1 saturated heterocycles. The predicted octanol–water partition coefficient (Wildman–Crippen LogP) is 1.48. The molecule has 1 atom stereocenters. The molecule has 1 unspecified atom stereocenters. The van der Waals surface area contributed by atoms with Crippen molar-refractivity contribution in [3.63, 3.8) is 0 Å². The first-order valence-corrected chi connectivity index (χ1v) is 5.32. The lowest BCUT2D eigenvalue weighted by Gasteiger charge is -2.28. The number of hydrogen-bond acceptors (Lipinski definition) is 3. The fraction of sp³-hybridized carbons (Fsp3) is 0.900. The van der Waals surface area contributed by atoms with Gasteiger partial charge in [0.15, 0.2) is 0 Å². The molecule has 0 aromatic carbocycles. The van der Waals surface area contributed by atoms with Gasteiger partial charge in [0, 0.05) is 13.0 Å². The molecular formula is C10H16F3NO2. The predicted molar refractivity (Wildman–Crippen MR) is 52.1 cm³/mol. The van der Waals surface area contributed by atoms with Crippen LogP contribution in [0.25, 0.3) is 0 Å². The second kappa shape index (κ2) is 5.63. The quantitative estimate of drug-likeness (QED) is 0.744. The number of carbonyl (C=O) groups is 1. The highest BCUT2D eigenvalue weighted by Crippen LogP contribution is 2.18. The average molecular weight is 239 g/mol. The van der Waals surface area contributed by atoms with Gasteiger partial charge >= 0.3 is 6.18 Å². The number of ketones is 1. The lowest BCUT2D eigenvalue weighted by molar-refractivity contribution is -0.151. The van der Waals surface area contributed by atoms with Crippen LogP contribution in [0.2, 0.25) is 0 Å². The zero-order chi connectivity index (χ0) is 12.2. The maximum absolute atomic E-state index is 12.2. The smallest absolute Gasteiger partial charge is 0.380 e. The molecule has 0 radical (unpaired) electrons. The highest BCUT2D eigenvalue weighted by atomic mass is 19.4. The van der Waals surface area contributed by atoms with Crippen molar-refractivity contribution in [2.75, 3.05) is 32.8 Å². The fourth-order valence-corrected chi connectivity index (χ4v) is 1.72. The highest BCUT2D eigenvalue weighted by molar-refractivity contribution is 5.82. The molecule has 0 aliphatic carbocycles. The van der Waals surface area contributed by atoms with Crippen molar-refractivity contribution < 1.29 is 22.7 Å². The molecule has 1 aliphatic rings. The van der Waals surface area contributed by atoms with Gasteiger partial charge in [-0.05, 0) is 6.54 Å². The van der Waals surface area contributed by atoms with Crippen molar-refractivity contribution in [3.8, 4) is 0 Å². The molecule has 6 heteroatoms. The summed E-state index contributed by atoms with van der Waals surface area (Å²) < 4.78 is 41.7. The number of rotatable bonds is 4. The molecule has 0 bridgehead atoms. The fourth-order valence-electron chi connectivity index (χ4n) is 1.72. The summed E-state index contributed by atoms with van der Waals surface area (Å²) in [6.45, 7) is 1.74. The lowest BCUT2D eigenvalue weighted by Crippen LogP contribution is -2.42. The van der Waals surface area contributed by atoms with E-state index in [0.29, 0.717) is 13.0 Å². The zero-order valence-corrected chi connectivity index (χ0v) is 9.22. The molecule has 1 rings (SSSR count). The lowest BCUT2D eigenvalue weighted by atomic mass is 10.00. The van der Waals surface area contributed by atoms with Gasteiger partial charge in [0.25, 0.3) is 0 Å². The van der Waals surface area contributed by atoms with Gasteiger partial charge < -0.3 is 4.74 Å². The number of hydrogen-bond donors (Lipinski definition) is 0. The summed E-state index contributed by atoms with van der Waals surface area (Å²) in [6, 6.07) is 0. The van der Waals surface area contributed by atoms with E-state index in [4.69, 9.17) is 4.74 Å². The Morgan fingerprint density at radius 3 is 2.69 bits per heavy atom. The molecule has 0 saturated carbocycles. The van der Waals surface area contributed by atoms with Crippen molar-refractivity contribution >= 4 is 5.78 Å². The second-order valence-corrected chi connectivity index (χ2v) is 3.93. The van der Waals surface area contributed by atoms with Gasteiger partial charge in [-0.15, -0.1) is 0 Å². The minimum atomic E-state index is -4.21. The van der Waals surface area contributed by atoms with Crippen molar-refractivity contribution in [2.24, 2.45) is 5.92 Å². The maximum Gasteiger partial charge on any atom is 0.401 e. The Morgan fingerprint density at radius 1 is 1.50 bits per heavy atom. The van der Waals surface area contributed by atoms with E-state index in [0.717, 1.165) is 0 Å². The van der Waals surface area contributed by atoms with Crippen LogP contribution in [0.1, 0.15) is 13.3 Å². The Labute approximate surface area is 92.5 Å². The van der Waals surface area contributed by atoms with Gasteiger partial charge in [-0.25, -0.2) is 0 Å². The first kappa shape index (κ1) is 13.4. The van der Waals surface area contributed by atoms with Gasteiger partial charge in [-0.3, -0.25) is 9.69 Å². The Hall–Kier alpha value is -0.620. The average Bonchev–Trinajstić information content (AvgIpc) is 2.18. The van der Waals surface area contributed by atoms with Crippen molar-refractivity contribution in [1.29, 1.82) is 0 Å². The molecule has 3 nitrogen and oxygen atoms in total. The van der Waals surface area contributed by atoms with Crippen LogP contribution in [0.4, 0.5) is 13.2 Å². The van der Waals surface area contributed by atoms with Crippen LogP contribution < -0.4 is 0 Å². The van der Waals surface area contributed by atoms with E-state index in [-0.39, 0.29) is 25.5 Å². The highest BCUT2D eigenvalue weighted by Gasteiger charge is 2.32. The Balaban J connectivity index is 2.45. The first-order valence-electron chi connectivity index (χ1n) is 5.32. The maximum atomic E-state index is 12.2. The summed E-state index contributed by atoms with van der Waals surface area (Å²) in [5.74, 6) is -0.400. The summed E-state index contributed by atoms with van der Waals surface area (Å²) >= 11 is 0. The molecule has 1 fully saturated rings. The number of halogens is 3. The summed E-state index contributed by atoms with van der Waals surface area (Å²) in [6.07, 6.45) is -3.90. The van der Waals surface area contributed by atoms with Gasteiger partial charge in [0.1, 0.15) is 5.78 Å². The van der Waals surface area contributed by atoms with Crippen LogP contribution >= 0.6 is 0 Å². The van der Waals surface area contributed by atoms with E-state index >= 15 is 0 Å². The molecule has 16 heavy (non-hydrogen) atoms. The minimum Gasteiger partial charge on any atom is -0.380 e. The number of ether oxygens (including phenoxy) is 1. The monoisotopic (exact) mass is 239 g/mol. The number of Topliss-reactive ketones (excluding diaryl/α,β-unsaturated/α-hetero) is 1. The van der Waals surface area contributed by atoms with Crippen molar-refractivity contribution in [3.05, 3.63) is 0 Å². The Bertz CT molecular complexity index is 243. The van der Waals surface area contributed by atoms with Crippen molar-refractivity contribution in [2.45, 2.75) is 19.5 Å². The van der Waals surface area contributed by atoms with Crippen LogP contribution in [0.15, 0.2) is 0 Å². The molecule has 94 valence electrons. The van der Waals surface area contributed by atoms with E-state index in [1.807, 2.05) is 0 Å². The second-order valence-electron chi connectivity index (χ2n) is 3.93. The van der Waals surface area contributed by atoms with E-state index in [1.54, 1.807) is 6.92 Å². The van der Waals surface area contributed by atoms with Crippen molar-refractivity contribution in [1.82, 2.24) is 4.90 Å². The molecule has 0 spiro atoms. The SMILES string of the molecule is CCN(CC1COCCC1=O)CC(F)(F)F. The van der Waals surface area contributed by atoms with Gasteiger partial charge in [0.05, 0.1) is 25.7 Å². The summed E-state index contributed by atoms with van der Waals surface area (Å²) in [5.41, 5.74) is 0. The molecule has 0 aromatic rings. The van der Waals surface area contributed by atoms with Crippen LogP contribution in [0.5, 0.6) is 0 Å². The number of nitrogens with zero attached hydrogens (tertiary/aromatic N) is 1. The van der Waals surface area contributed by atoms with E-state index in [2.05, 4.69) is 0 Å². The largest absolute Gasteiger partial charge is 0.401 e. The summed E-state index contributed by atoms with van der Waals surface area (Å²) in [4.78, 5) is 12.7. The third-order valence-electron chi connectivity index (χ3n) is 2.60. The molecule has 0 N–H and O–H groups in total. The van der Waals surface area contributed by atoms with Crippen LogP contribution in [0.3, 0.4) is 0 Å². The molecule has 0 amide bonds. The van der Waals surface area contributed by atoms with Crippen LogP contribution in [-0.4, -0.2) is 49.7 Å². The summed E-state index contributed by atoms with van der Waals surface area (Å²) in [5, 5.41) is 0. The Kier molecular flexibility index (Phi) is 4.73. The van der Waals surface area contributed by atoms with Gasteiger partial charge in [-0.2, -0.15) is 13.2 Å². The Morgan fingerprint density at radius 2 is 2.19 bits per heavy atom. The zero-order valence-electron chi connectivity index (χ0n) is 9.22. The summed E-state index contributed by atoms with van der Waals surface area (Å²) in [7, 11) is 0. The third-order valence-corrected chi connectivity index (χ3v) is 2.60. The van der Waals surface area contributed by atoms with E-state index in [1.165, 1.54) is 4.90 Å². The molecule has 1 heterocycles. The molecule has 0 aromatic heterocycles. The molecule has 1 aliphatic heterocycles. The van der Waals surface area contributed by atoms with Gasteiger partial charge in [-0.1, -0.05) is 6.92 Å². The minimum absolute atomic E-state index is 0.00637. The number of alkyl halides is 3. The van der Waals surface area contributed by atoms with E-state index in [9.17, 15) is 18.0 Å². The number of carbonyl (C=O) groups excluding carboxylic acids is 1. The standard InChI is InChI=1S/C10H16F3NO2/c1-2-14(7-10(11,12)13)5-8-6-16-4-3-9(8)15/h8H,2-7H2,1H3. The first-order chi connectivity index (χ1) is 7.42. The van der Waals surface area contributed by atoms with Crippen LogP contribution in [-0.2, 0) is 9.53 Å².